The molecule has 7 rings (SSSR count). The van der Waals surface area contributed by atoms with Crippen molar-refractivity contribution in [3.05, 3.63) is 126 Å². The van der Waals surface area contributed by atoms with Gasteiger partial charge >= 0.3 is 12.1 Å². The second kappa shape index (κ2) is 19.6. The number of likely N-dealkylation sites (tertiary alicyclic amines) is 1. The molecule has 0 atom stereocenters. The van der Waals surface area contributed by atoms with E-state index in [0.29, 0.717) is 37.4 Å². The number of H-pyrrole nitrogens is 1. The highest BCUT2D eigenvalue weighted by atomic mass is 19.4. The van der Waals surface area contributed by atoms with Crippen LogP contribution in [0.1, 0.15) is 78.4 Å². The van der Waals surface area contributed by atoms with Gasteiger partial charge in [-0.1, -0.05) is 79.9 Å². The van der Waals surface area contributed by atoms with Crippen molar-refractivity contribution in [3.8, 4) is 16.9 Å². The molecule has 2 amide bonds. The van der Waals surface area contributed by atoms with Gasteiger partial charge in [0.2, 0.25) is 5.91 Å². The molecule has 1 aromatic heterocycles. The molecule has 0 saturated carbocycles. The molecule has 5 aromatic rings. The van der Waals surface area contributed by atoms with Crippen LogP contribution in [0.4, 0.5) is 13.2 Å². The molecular formula is C48H53F3N4O4. The Balaban J connectivity index is 0.991. The number of nitrogens with one attached hydrogen (secondary N) is 2. The number of carbonyl (C=O) groups is 3. The number of hydrogen-bond donors (Lipinski definition) is 2. The summed E-state index contributed by atoms with van der Waals surface area (Å²) in [6.07, 6.45) is 6.69. The highest BCUT2D eigenvalue weighted by Gasteiger charge is 2.41. The van der Waals surface area contributed by atoms with E-state index in [1.165, 1.54) is 44.2 Å². The average molecular weight is 807 g/mol. The van der Waals surface area contributed by atoms with E-state index in [9.17, 15) is 27.6 Å². The second-order valence-electron chi connectivity index (χ2n) is 16.1. The standard InChI is InChI=1S/C48H53F3N4O4/c49-48(50,51)47(58)59-42-17-14-36(15-18-42)24-29-55(45(56)19-16-41-32-53-44-13-2-1-12-43(41)44)33-37-8-4-9-38(30-37)39-10-5-11-40(31-39)46(57)54-27-22-35(23-28-54)7-3-6-34-20-25-52-26-21-34/h1-2,4-5,8-15,17-18,30-32,34-35,52-53H,3,6-7,16,19-29,33H2. The van der Waals surface area contributed by atoms with Crippen LogP contribution in [0.25, 0.3) is 22.0 Å². The Morgan fingerprint density at radius 1 is 0.763 bits per heavy atom. The minimum Gasteiger partial charge on any atom is -0.420 e. The molecule has 3 heterocycles. The number of piperidine rings is 2. The number of carbonyl (C=O) groups excluding carboxylic acids is 3. The average Bonchev–Trinajstić information content (AvgIpc) is 3.68. The van der Waals surface area contributed by atoms with Crippen molar-refractivity contribution in [3.63, 3.8) is 0 Å². The zero-order chi connectivity index (χ0) is 41.2. The number of alkyl halides is 3. The maximum atomic E-state index is 13.9. The van der Waals surface area contributed by atoms with E-state index in [4.69, 9.17) is 0 Å². The number of esters is 1. The first-order valence-corrected chi connectivity index (χ1v) is 21.0. The number of halogens is 3. The summed E-state index contributed by atoms with van der Waals surface area (Å²) in [6.45, 7) is 4.57. The van der Waals surface area contributed by atoms with E-state index in [-0.39, 0.29) is 24.0 Å². The minimum atomic E-state index is -5.09. The number of nitrogens with zero attached hydrogens (tertiary/aromatic N) is 2. The number of aromatic nitrogens is 1. The fourth-order valence-corrected chi connectivity index (χ4v) is 8.56. The zero-order valence-corrected chi connectivity index (χ0v) is 33.4. The lowest BCUT2D eigenvalue weighted by Crippen LogP contribution is -2.38. The number of aryl methyl sites for hydroxylation is 1. The van der Waals surface area contributed by atoms with Crippen molar-refractivity contribution < 1.29 is 32.3 Å². The molecule has 0 aliphatic carbocycles. The molecule has 0 unspecified atom stereocenters. The van der Waals surface area contributed by atoms with Crippen LogP contribution in [0.5, 0.6) is 5.75 Å². The third kappa shape index (κ3) is 11.4. The number of ether oxygens (including phenoxy) is 1. The minimum absolute atomic E-state index is 0.0328. The largest absolute Gasteiger partial charge is 0.491 e. The second-order valence-corrected chi connectivity index (χ2v) is 16.1. The molecule has 8 nitrogen and oxygen atoms in total. The Bertz CT molecular complexity index is 2190. The van der Waals surface area contributed by atoms with Crippen LogP contribution in [0.3, 0.4) is 0 Å². The van der Waals surface area contributed by atoms with Gasteiger partial charge in [0.15, 0.2) is 0 Å². The fraction of sp³-hybridized carbons (Fsp3) is 0.396. The summed E-state index contributed by atoms with van der Waals surface area (Å²) >= 11 is 0. The highest BCUT2D eigenvalue weighted by molar-refractivity contribution is 5.95. The molecule has 0 radical (unpaired) electrons. The van der Waals surface area contributed by atoms with E-state index in [1.807, 2.05) is 82.7 Å². The number of aromatic amines is 1. The van der Waals surface area contributed by atoms with Crippen molar-refractivity contribution in [1.82, 2.24) is 20.1 Å². The van der Waals surface area contributed by atoms with Crippen molar-refractivity contribution in [1.29, 1.82) is 0 Å². The predicted octanol–water partition coefficient (Wildman–Crippen LogP) is 9.53. The van der Waals surface area contributed by atoms with Gasteiger partial charge in [-0.05, 0) is 128 Å². The summed E-state index contributed by atoms with van der Waals surface area (Å²) in [4.78, 5) is 46.0. The van der Waals surface area contributed by atoms with Gasteiger partial charge in [0.25, 0.3) is 5.91 Å². The smallest absolute Gasteiger partial charge is 0.420 e. The van der Waals surface area contributed by atoms with Crippen LogP contribution in [-0.2, 0) is 29.0 Å². The molecule has 11 heteroatoms. The van der Waals surface area contributed by atoms with Crippen LogP contribution < -0.4 is 10.1 Å². The van der Waals surface area contributed by atoms with Gasteiger partial charge in [-0.3, -0.25) is 9.59 Å². The van der Waals surface area contributed by atoms with Crippen molar-refractivity contribution in [2.45, 2.75) is 76.9 Å². The van der Waals surface area contributed by atoms with Gasteiger partial charge in [-0.15, -0.1) is 0 Å². The van der Waals surface area contributed by atoms with Gasteiger partial charge in [0.05, 0.1) is 0 Å². The van der Waals surface area contributed by atoms with Gasteiger partial charge in [-0.25, -0.2) is 4.79 Å². The molecule has 310 valence electrons. The van der Waals surface area contributed by atoms with E-state index in [0.717, 1.165) is 83.7 Å². The van der Waals surface area contributed by atoms with E-state index in [1.54, 1.807) is 12.1 Å². The summed E-state index contributed by atoms with van der Waals surface area (Å²) in [6, 6.07) is 29.6. The maximum Gasteiger partial charge on any atom is 0.491 e. The topological polar surface area (TPSA) is 94.7 Å². The third-order valence-electron chi connectivity index (χ3n) is 12.0. The fourth-order valence-electron chi connectivity index (χ4n) is 8.56. The molecular weight excluding hydrogens is 754 g/mol. The molecule has 59 heavy (non-hydrogen) atoms. The van der Waals surface area contributed by atoms with Crippen molar-refractivity contribution in [2.24, 2.45) is 11.8 Å². The summed E-state index contributed by atoms with van der Waals surface area (Å²) < 4.78 is 42.5. The Labute approximate surface area is 344 Å². The Morgan fingerprint density at radius 2 is 1.46 bits per heavy atom. The Kier molecular flexibility index (Phi) is 13.8. The number of rotatable bonds is 15. The Hall–Kier alpha value is -5.42. The van der Waals surface area contributed by atoms with Crippen LogP contribution >= 0.6 is 0 Å². The number of para-hydroxylation sites is 1. The number of benzene rings is 4. The molecule has 2 N–H and O–H groups in total. The first kappa shape index (κ1) is 41.7. The molecule has 0 spiro atoms. The van der Waals surface area contributed by atoms with Crippen LogP contribution in [-0.4, -0.2) is 71.5 Å². The lowest BCUT2D eigenvalue weighted by atomic mass is 9.87. The summed E-state index contributed by atoms with van der Waals surface area (Å²) in [5, 5.41) is 4.53. The predicted molar refractivity (Wildman–Crippen MR) is 224 cm³/mol. The van der Waals surface area contributed by atoms with Crippen LogP contribution in [0.2, 0.25) is 0 Å². The summed E-state index contributed by atoms with van der Waals surface area (Å²) in [5.41, 5.74) is 6.31. The van der Waals surface area contributed by atoms with E-state index >= 15 is 0 Å². The third-order valence-corrected chi connectivity index (χ3v) is 12.0. The first-order valence-electron chi connectivity index (χ1n) is 21.0. The van der Waals surface area contributed by atoms with Gasteiger partial charge < -0.3 is 24.8 Å². The quantitative estimate of drug-likeness (QED) is 0.0813. The van der Waals surface area contributed by atoms with E-state index in [2.05, 4.69) is 21.1 Å². The number of fused-ring (bicyclic) bond motifs is 1. The highest BCUT2D eigenvalue weighted by Crippen LogP contribution is 2.29. The molecule has 2 aliphatic rings. The zero-order valence-electron chi connectivity index (χ0n) is 33.4. The van der Waals surface area contributed by atoms with Crippen LogP contribution in [0.15, 0.2) is 103 Å². The lowest BCUT2D eigenvalue weighted by molar-refractivity contribution is -0.189. The van der Waals surface area contributed by atoms with Gasteiger partial charge in [0.1, 0.15) is 5.75 Å². The monoisotopic (exact) mass is 806 g/mol. The Morgan fingerprint density at radius 3 is 2.20 bits per heavy atom. The van der Waals surface area contributed by atoms with Crippen LogP contribution in [0, 0.1) is 11.8 Å². The molecule has 4 aromatic carbocycles. The van der Waals surface area contributed by atoms with E-state index < -0.39 is 12.1 Å². The number of hydrogen-bond acceptors (Lipinski definition) is 5. The normalized spacial score (nSPS) is 15.3. The van der Waals surface area contributed by atoms with Gasteiger partial charge in [0, 0.05) is 55.3 Å². The van der Waals surface area contributed by atoms with Crippen molar-refractivity contribution in [2.75, 3.05) is 32.7 Å². The molecule has 2 saturated heterocycles. The summed E-state index contributed by atoms with van der Waals surface area (Å²) in [7, 11) is 0. The lowest BCUT2D eigenvalue weighted by Gasteiger charge is -2.32. The molecule has 2 aliphatic heterocycles. The molecule has 0 bridgehead atoms. The molecule has 2 fully saturated rings. The first-order chi connectivity index (χ1) is 28.6. The maximum absolute atomic E-state index is 13.9. The van der Waals surface area contributed by atoms with Crippen molar-refractivity contribution >= 4 is 28.7 Å². The number of amides is 2. The van der Waals surface area contributed by atoms with Gasteiger partial charge in [-0.2, -0.15) is 13.2 Å². The SMILES string of the molecule is O=C(CCc1c[nH]c2ccccc12)N(CCc1ccc(OC(=O)C(F)(F)F)cc1)Cc1cccc(-c2cccc(C(=O)N3CCC(CCCC4CCNCC4)CC3)c2)c1. The summed E-state index contributed by atoms with van der Waals surface area (Å²) in [5.74, 6) is -0.899.